The van der Waals surface area contributed by atoms with Gasteiger partial charge in [-0.3, -0.25) is 14.9 Å². The first kappa shape index (κ1) is 23.3. The first-order chi connectivity index (χ1) is 11.3. The molecule has 142 valence electrons. The Balaban J connectivity index is 0.00000576. The quantitative estimate of drug-likeness (QED) is 0.346. The molecule has 0 amide bonds. The molecule has 0 saturated carbocycles. The van der Waals surface area contributed by atoms with Crippen LogP contribution in [0.5, 0.6) is 5.75 Å². The van der Waals surface area contributed by atoms with E-state index in [1.165, 1.54) is 17.0 Å². The molecule has 7 heteroatoms. The fourth-order valence-corrected chi connectivity index (χ4v) is 2.92. The first-order valence-corrected chi connectivity index (χ1v) is 8.58. The van der Waals surface area contributed by atoms with Crippen molar-refractivity contribution in [1.82, 2.24) is 0 Å². The van der Waals surface area contributed by atoms with E-state index >= 15 is 0 Å². The molecular formula is C18H29ClN2O4. The van der Waals surface area contributed by atoms with Crippen LogP contribution in [-0.2, 0) is 0 Å². The van der Waals surface area contributed by atoms with Crippen LogP contribution in [-0.4, -0.2) is 35.9 Å². The number of halogens is 1. The molecule has 1 aromatic rings. The minimum absolute atomic E-state index is 0. The number of hydrogen-bond donors (Lipinski definition) is 1. The molecule has 0 aliphatic rings. The molecule has 0 saturated heterocycles. The highest BCUT2D eigenvalue weighted by Crippen LogP contribution is 2.31. The molecule has 0 aliphatic heterocycles. The number of hydrogen-bond acceptors (Lipinski definition) is 4. The number of Topliss-reactive ketones (excluding diaryl/α,β-unsaturated/α-hetero) is 1. The third kappa shape index (κ3) is 6.63. The second-order valence-corrected chi connectivity index (χ2v) is 6.57. The van der Waals surface area contributed by atoms with Crippen LogP contribution in [0.25, 0.3) is 0 Å². The molecule has 1 aromatic carbocycles. The summed E-state index contributed by atoms with van der Waals surface area (Å²) in [6.07, 6.45) is 1.05. The number of ketones is 1. The molecule has 1 N–H and O–H groups in total. The van der Waals surface area contributed by atoms with Crippen LogP contribution in [0.15, 0.2) is 18.2 Å². The van der Waals surface area contributed by atoms with Gasteiger partial charge >= 0.3 is 5.69 Å². The van der Waals surface area contributed by atoms with E-state index in [1.807, 2.05) is 6.92 Å². The molecule has 0 radical (unpaired) electrons. The summed E-state index contributed by atoms with van der Waals surface area (Å²) in [5, 5.41) is 11.3. The first-order valence-electron chi connectivity index (χ1n) is 8.58. The third-order valence-corrected chi connectivity index (χ3v) is 4.09. The zero-order valence-corrected chi connectivity index (χ0v) is 16.4. The average molecular weight is 373 g/mol. The number of para-hydroxylation sites is 1. The molecule has 0 atom stereocenters. The van der Waals surface area contributed by atoms with Crippen LogP contribution in [0.1, 0.15) is 57.8 Å². The van der Waals surface area contributed by atoms with Crippen LogP contribution >= 0.6 is 0 Å². The van der Waals surface area contributed by atoms with Crippen molar-refractivity contribution in [3.8, 4) is 5.75 Å². The van der Waals surface area contributed by atoms with Crippen molar-refractivity contribution >= 4 is 11.5 Å². The van der Waals surface area contributed by atoms with Gasteiger partial charge in [-0.2, -0.15) is 0 Å². The molecule has 0 heterocycles. The Kier molecular flexibility index (Phi) is 10.3. The lowest BCUT2D eigenvalue weighted by atomic mass is 10.0. The number of benzene rings is 1. The van der Waals surface area contributed by atoms with Gasteiger partial charge in [0.25, 0.3) is 0 Å². The lowest BCUT2D eigenvalue weighted by molar-refractivity contribution is -0.942. The van der Waals surface area contributed by atoms with Crippen LogP contribution in [0.4, 0.5) is 5.69 Å². The molecule has 0 unspecified atom stereocenters. The van der Waals surface area contributed by atoms with Gasteiger partial charge in [0.2, 0.25) is 5.75 Å². The second-order valence-electron chi connectivity index (χ2n) is 6.57. The summed E-state index contributed by atoms with van der Waals surface area (Å²) < 4.78 is 5.74. The van der Waals surface area contributed by atoms with Crippen LogP contribution < -0.4 is 22.0 Å². The summed E-state index contributed by atoms with van der Waals surface area (Å²) in [5.41, 5.74) is 0.161. The highest BCUT2D eigenvalue weighted by Gasteiger charge is 2.24. The number of carbonyl (C=O) groups is 1. The number of nitro groups is 1. The van der Waals surface area contributed by atoms with Crippen molar-refractivity contribution in [2.75, 3.05) is 13.2 Å². The van der Waals surface area contributed by atoms with Gasteiger partial charge in [0.15, 0.2) is 5.78 Å². The number of ether oxygens (including phenoxy) is 1. The molecule has 0 spiro atoms. The second kappa shape index (κ2) is 11.1. The van der Waals surface area contributed by atoms with E-state index in [0.717, 1.165) is 6.54 Å². The largest absolute Gasteiger partial charge is 1.00 e. The standard InChI is InChI=1S/C18H28N2O4.ClH/c1-6-8-17(21)15-9-7-10-16(20(22)23)18(15)24-12-11-19(13(2)3)14(4)5;/h7,9-10,13-14H,6,8,11-12H2,1-5H3;1H. The summed E-state index contributed by atoms with van der Waals surface area (Å²) in [4.78, 5) is 24.4. The van der Waals surface area contributed by atoms with E-state index in [-0.39, 0.29) is 29.6 Å². The maximum Gasteiger partial charge on any atom is 0.311 e. The van der Waals surface area contributed by atoms with E-state index in [9.17, 15) is 14.9 Å². The van der Waals surface area contributed by atoms with E-state index in [2.05, 4.69) is 27.7 Å². The van der Waals surface area contributed by atoms with Crippen molar-refractivity contribution in [3.63, 3.8) is 0 Å². The van der Waals surface area contributed by atoms with Crippen molar-refractivity contribution in [1.29, 1.82) is 0 Å². The fraction of sp³-hybridized carbons (Fsp3) is 0.611. The van der Waals surface area contributed by atoms with E-state index in [4.69, 9.17) is 4.74 Å². The molecule has 1 rings (SSSR count). The Labute approximate surface area is 156 Å². The van der Waals surface area contributed by atoms with Gasteiger partial charge in [-0.1, -0.05) is 13.0 Å². The van der Waals surface area contributed by atoms with Gasteiger partial charge in [0.1, 0.15) is 13.2 Å². The summed E-state index contributed by atoms with van der Waals surface area (Å²) in [6, 6.07) is 5.39. The molecule has 0 aromatic heterocycles. The van der Waals surface area contributed by atoms with Gasteiger partial charge in [-0.05, 0) is 40.2 Å². The highest BCUT2D eigenvalue weighted by molar-refractivity contribution is 5.99. The number of rotatable bonds is 10. The minimum atomic E-state index is -0.492. The van der Waals surface area contributed by atoms with Gasteiger partial charge in [-0.15, -0.1) is 0 Å². The van der Waals surface area contributed by atoms with Crippen molar-refractivity contribution in [2.45, 2.75) is 59.5 Å². The fourth-order valence-electron chi connectivity index (χ4n) is 2.92. The lowest BCUT2D eigenvalue weighted by Crippen LogP contribution is -3.18. The van der Waals surface area contributed by atoms with E-state index < -0.39 is 4.92 Å². The maximum absolute atomic E-state index is 12.2. The Morgan fingerprint density at radius 2 is 1.84 bits per heavy atom. The van der Waals surface area contributed by atoms with Crippen molar-refractivity contribution in [3.05, 3.63) is 33.9 Å². The summed E-state index contributed by atoms with van der Waals surface area (Å²) in [6.45, 7) is 11.5. The summed E-state index contributed by atoms with van der Waals surface area (Å²) in [7, 11) is 0. The average Bonchev–Trinajstić information content (AvgIpc) is 2.50. The Morgan fingerprint density at radius 1 is 1.24 bits per heavy atom. The van der Waals surface area contributed by atoms with Crippen LogP contribution in [0, 0.1) is 10.1 Å². The van der Waals surface area contributed by atoms with Gasteiger partial charge in [0, 0.05) is 12.5 Å². The molecule has 0 aliphatic carbocycles. The monoisotopic (exact) mass is 372 g/mol. The summed E-state index contributed by atoms with van der Waals surface area (Å²) >= 11 is 0. The van der Waals surface area contributed by atoms with Crippen molar-refractivity contribution < 1.29 is 31.8 Å². The number of quaternary nitrogens is 1. The predicted molar refractivity (Wildman–Crippen MR) is 93.9 cm³/mol. The van der Waals surface area contributed by atoms with Gasteiger partial charge < -0.3 is 22.0 Å². The Hall–Kier alpha value is -1.66. The van der Waals surface area contributed by atoms with E-state index in [0.29, 0.717) is 37.1 Å². The molecule has 25 heavy (non-hydrogen) atoms. The van der Waals surface area contributed by atoms with Crippen molar-refractivity contribution in [2.24, 2.45) is 0 Å². The number of nitrogens with one attached hydrogen (secondary N) is 1. The minimum Gasteiger partial charge on any atom is -1.00 e. The highest BCUT2D eigenvalue weighted by atomic mass is 35.5. The van der Waals surface area contributed by atoms with E-state index in [1.54, 1.807) is 6.07 Å². The zero-order valence-electron chi connectivity index (χ0n) is 15.7. The lowest BCUT2D eigenvalue weighted by Gasteiger charge is -2.27. The number of nitrogens with zero attached hydrogens (tertiary/aromatic N) is 1. The van der Waals surface area contributed by atoms with Gasteiger partial charge in [-0.25, -0.2) is 0 Å². The van der Waals surface area contributed by atoms with Gasteiger partial charge in [0.05, 0.1) is 22.6 Å². The smallest absolute Gasteiger partial charge is 0.311 e. The normalized spacial score (nSPS) is 10.9. The Bertz CT molecular complexity index is 568. The maximum atomic E-state index is 12.2. The molecule has 6 nitrogen and oxygen atoms in total. The number of nitro benzene ring substituents is 1. The Morgan fingerprint density at radius 3 is 2.32 bits per heavy atom. The SMILES string of the molecule is CCCC(=O)c1cccc([N+](=O)[O-])c1OCC[NH+](C(C)C)C(C)C.[Cl-]. The third-order valence-electron chi connectivity index (χ3n) is 4.09. The topological polar surface area (TPSA) is 73.9 Å². The molecule has 0 bridgehead atoms. The number of carbonyl (C=O) groups excluding carboxylic acids is 1. The predicted octanol–water partition coefficient (Wildman–Crippen LogP) is -0.338. The summed E-state index contributed by atoms with van der Waals surface area (Å²) in [5.74, 6) is -0.0130. The zero-order chi connectivity index (χ0) is 18.3. The molecular weight excluding hydrogens is 344 g/mol. The van der Waals surface area contributed by atoms with Crippen LogP contribution in [0.2, 0.25) is 0 Å². The van der Waals surface area contributed by atoms with Crippen LogP contribution in [0.3, 0.4) is 0 Å². The molecule has 0 fully saturated rings.